The quantitative estimate of drug-likeness (QED) is 0.115. The zero-order valence-corrected chi connectivity index (χ0v) is 25.3. The lowest BCUT2D eigenvalue weighted by Gasteiger charge is -2.05. The van der Waals surface area contributed by atoms with Crippen molar-refractivity contribution in [3.63, 3.8) is 0 Å². The number of benzene rings is 2. The molecule has 6 nitrogen and oxygen atoms in total. The van der Waals surface area contributed by atoms with E-state index in [4.69, 9.17) is 11.6 Å². The van der Waals surface area contributed by atoms with Gasteiger partial charge < -0.3 is 9.55 Å². The van der Waals surface area contributed by atoms with Crippen molar-refractivity contribution in [2.45, 2.75) is 10.3 Å². The molecule has 4 aromatic heterocycles. The van der Waals surface area contributed by atoms with E-state index in [0.29, 0.717) is 10.3 Å². The molecule has 6 aromatic rings. The molecule has 4 heterocycles. The van der Waals surface area contributed by atoms with Crippen LogP contribution in [0, 0.1) is 0 Å². The summed E-state index contributed by atoms with van der Waals surface area (Å²) in [4.78, 5) is 19.7. The Kier molecular flexibility index (Phi) is 10.0. The molecule has 0 unspecified atom stereocenters. The number of H-pyrrole nitrogens is 1. The van der Waals surface area contributed by atoms with Gasteiger partial charge in [-0.1, -0.05) is 79.1 Å². The molecule has 37 heavy (non-hydrogen) atoms. The lowest BCUT2D eigenvalue weighted by Crippen LogP contribution is -1.97. The largest absolute Gasteiger partial charge is 0.361 e. The zero-order chi connectivity index (χ0) is 26.2. The van der Waals surface area contributed by atoms with E-state index in [1.54, 1.807) is 30.2 Å². The summed E-state index contributed by atoms with van der Waals surface area (Å²) in [5.74, 6) is 0.891. The Hall–Kier alpha value is -2.37. The van der Waals surface area contributed by atoms with Gasteiger partial charge in [-0.25, -0.2) is 19.9 Å². The van der Waals surface area contributed by atoms with Crippen molar-refractivity contribution in [2.24, 2.45) is 0 Å². The van der Waals surface area contributed by atoms with Gasteiger partial charge in [-0.2, -0.15) is 0 Å². The second-order valence-electron chi connectivity index (χ2n) is 7.30. The van der Waals surface area contributed by atoms with Crippen molar-refractivity contribution in [3.8, 4) is 5.82 Å². The van der Waals surface area contributed by atoms with E-state index < -0.39 is 0 Å². The summed E-state index contributed by atoms with van der Waals surface area (Å²) in [5, 5.41) is 4.41. The summed E-state index contributed by atoms with van der Waals surface area (Å²) in [7, 11) is 0. The van der Waals surface area contributed by atoms with E-state index in [-0.39, 0.29) is 0 Å². The number of aromatic nitrogens is 6. The van der Waals surface area contributed by atoms with Crippen LogP contribution in [0.5, 0.6) is 0 Å². The molecule has 0 radical (unpaired) electrons. The minimum atomic E-state index is 0.495. The summed E-state index contributed by atoms with van der Waals surface area (Å²) < 4.78 is 4.31. The van der Waals surface area contributed by atoms with Crippen molar-refractivity contribution >= 4 is 88.8 Å². The van der Waals surface area contributed by atoms with Crippen LogP contribution in [0.15, 0.2) is 105 Å². The van der Waals surface area contributed by atoms with Crippen LogP contribution < -0.4 is 0 Å². The maximum Gasteiger partial charge on any atom is 0.189 e. The molecule has 0 bridgehead atoms. The standard InChI is InChI=1S/C13H10BrN3S.C8H6BrN.C5H5ClN2S/c1-18-13-15-7-5-12(16-13)17-8-6-9-10(14)3-2-4-11(9)17;9-7-2-1-3-8-6(7)4-5-10-8;1-9-5-7-3-2-4(6)8-5/h2-8H,1H3;1-5,10H;2-3H,1H3. The molecule has 11 heteroatoms. The van der Waals surface area contributed by atoms with Crippen molar-refractivity contribution < 1.29 is 0 Å². The van der Waals surface area contributed by atoms with Crippen molar-refractivity contribution in [2.75, 3.05) is 12.5 Å². The van der Waals surface area contributed by atoms with Crippen LogP contribution in [0.25, 0.3) is 27.6 Å². The molecule has 0 atom stereocenters. The number of aromatic amines is 1. The van der Waals surface area contributed by atoms with Crippen LogP contribution in [0.1, 0.15) is 0 Å². The maximum atomic E-state index is 5.56. The molecule has 6 rings (SSSR count). The molecule has 1 N–H and O–H groups in total. The first-order chi connectivity index (χ1) is 18.0. The molecule has 0 aliphatic heterocycles. The summed E-state index contributed by atoms with van der Waals surface area (Å²) >= 11 is 15.6. The highest BCUT2D eigenvalue weighted by molar-refractivity contribution is 9.11. The van der Waals surface area contributed by atoms with Crippen LogP contribution in [0.2, 0.25) is 5.15 Å². The third-order valence-electron chi connectivity index (χ3n) is 5.05. The van der Waals surface area contributed by atoms with E-state index >= 15 is 0 Å². The van der Waals surface area contributed by atoms with Gasteiger partial charge in [0, 0.05) is 50.0 Å². The summed E-state index contributed by atoms with van der Waals surface area (Å²) in [6.45, 7) is 0. The maximum absolute atomic E-state index is 5.56. The third kappa shape index (κ3) is 7.14. The highest BCUT2D eigenvalue weighted by atomic mass is 79.9. The Morgan fingerprint density at radius 2 is 1.46 bits per heavy atom. The molecule has 188 valence electrons. The monoisotopic (exact) mass is 674 g/mol. The molecule has 0 aliphatic carbocycles. The smallest absolute Gasteiger partial charge is 0.189 e. The summed E-state index contributed by atoms with van der Waals surface area (Å²) in [5.41, 5.74) is 2.31. The Balaban J connectivity index is 0.000000143. The predicted octanol–water partition coefficient (Wildman–Crippen LogP) is 8.69. The normalized spacial score (nSPS) is 10.5. The van der Waals surface area contributed by atoms with Crippen molar-refractivity contribution in [3.05, 3.63) is 99.5 Å². The number of hydrogen-bond donors (Lipinski definition) is 1. The summed E-state index contributed by atoms with van der Waals surface area (Å²) in [6, 6.07) is 20.0. The molecule has 0 fully saturated rings. The van der Waals surface area contributed by atoms with E-state index in [2.05, 4.69) is 85.6 Å². The Labute approximate surface area is 244 Å². The molecule has 2 aromatic carbocycles. The Morgan fingerprint density at radius 1 is 0.784 bits per heavy atom. The number of nitrogens with one attached hydrogen (secondary N) is 1. The number of hydrogen-bond acceptors (Lipinski definition) is 6. The van der Waals surface area contributed by atoms with Gasteiger partial charge in [0.2, 0.25) is 0 Å². The highest BCUT2D eigenvalue weighted by Crippen LogP contribution is 2.27. The lowest BCUT2D eigenvalue weighted by molar-refractivity contribution is 0.908. The van der Waals surface area contributed by atoms with Crippen LogP contribution in [-0.2, 0) is 0 Å². The number of thioether (sulfide) groups is 2. The first kappa shape index (κ1) is 27.7. The van der Waals surface area contributed by atoms with Gasteiger partial charge in [0.05, 0.1) is 5.52 Å². The first-order valence-electron chi connectivity index (χ1n) is 10.9. The van der Waals surface area contributed by atoms with E-state index in [1.807, 2.05) is 55.2 Å². The van der Waals surface area contributed by atoms with E-state index in [9.17, 15) is 0 Å². The minimum Gasteiger partial charge on any atom is -0.361 e. The van der Waals surface area contributed by atoms with Gasteiger partial charge in [-0.3, -0.25) is 0 Å². The average Bonchev–Trinajstić information content (AvgIpc) is 3.58. The third-order valence-corrected chi connectivity index (χ3v) is 7.77. The Bertz CT molecular complexity index is 1620. The topological polar surface area (TPSA) is 72.3 Å². The summed E-state index contributed by atoms with van der Waals surface area (Å²) in [6.07, 6.45) is 11.3. The van der Waals surface area contributed by atoms with Gasteiger partial charge in [-0.15, -0.1) is 0 Å². The second-order valence-corrected chi connectivity index (χ2v) is 10.9. The van der Waals surface area contributed by atoms with Gasteiger partial charge in [0.15, 0.2) is 10.3 Å². The van der Waals surface area contributed by atoms with Gasteiger partial charge in [0.1, 0.15) is 11.0 Å². The number of nitrogens with zero attached hydrogens (tertiary/aromatic N) is 5. The fourth-order valence-electron chi connectivity index (χ4n) is 3.36. The van der Waals surface area contributed by atoms with E-state index in [0.717, 1.165) is 25.4 Å². The number of halogens is 3. The molecule has 0 aliphatic rings. The first-order valence-corrected chi connectivity index (χ1v) is 15.3. The second kappa shape index (κ2) is 13.4. The average molecular weight is 677 g/mol. The molecule has 0 spiro atoms. The Morgan fingerprint density at radius 3 is 2.14 bits per heavy atom. The van der Waals surface area contributed by atoms with Crippen molar-refractivity contribution in [1.29, 1.82) is 0 Å². The number of fused-ring (bicyclic) bond motifs is 2. The van der Waals surface area contributed by atoms with Gasteiger partial charge in [-0.05, 0) is 61.0 Å². The van der Waals surface area contributed by atoms with Crippen LogP contribution >= 0.6 is 67.0 Å². The van der Waals surface area contributed by atoms with E-state index in [1.165, 1.54) is 28.1 Å². The van der Waals surface area contributed by atoms with Gasteiger partial charge in [0.25, 0.3) is 0 Å². The van der Waals surface area contributed by atoms with Crippen LogP contribution in [0.3, 0.4) is 0 Å². The zero-order valence-electron chi connectivity index (χ0n) is 19.8. The molecular formula is C26H21Br2ClN6S2. The van der Waals surface area contributed by atoms with Crippen LogP contribution in [-0.4, -0.2) is 42.0 Å². The van der Waals surface area contributed by atoms with Crippen LogP contribution in [0.4, 0.5) is 0 Å². The minimum absolute atomic E-state index is 0.495. The lowest BCUT2D eigenvalue weighted by atomic mass is 10.2. The number of rotatable bonds is 3. The SMILES string of the molecule is Brc1cccc2[nH]ccc12.CSc1nccc(-n2ccc3c(Br)cccc32)n1.CSc1nccc(Cl)n1. The fourth-order valence-corrected chi connectivity index (χ4v) is 5.24. The molecule has 0 saturated carbocycles. The predicted molar refractivity (Wildman–Crippen MR) is 163 cm³/mol. The molecular weight excluding hydrogens is 656 g/mol. The highest BCUT2D eigenvalue weighted by Gasteiger charge is 2.07. The molecule has 0 amide bonds. The van der Waals surface area contributed by atoms with Gasteiger partial charge >= 0.3 is 0 Å². The fraction of sp³-hybridized carbons (Fsp3) is 0.0769. The van der Waals surface area contributed by atoms with Crippen molar-refractivity contribution in [1.82, 2.24) is 29.5 Å². The molecule has 0 saturated heterocycles.